The van der Waals surface area contributed by atoms with Crippen molar-refractivity contribution in [2.75, 3.05) is 0 Å². The molecule has 2 rings (SSSR count). The number of hydrogen-bond donors (Lipinski definition) is 2. The average Bonchev–Trinajstić information content (AvgIpc) is 2.30. The third kappa shape index (κ3) is 1.81. The molecule has 0 fully saturated rings. The Balaban J connectivity index is 2.53. The van der Waals surface area contributed by atoms with Crippen LogP contribution in [0.4, 0.5) is 0 Å². The fourth-order valence-corrected chi connectivity index (χ4v) is 1.22. The highest BCUT2D eigenvalue weighted by Crippen LogP contribution is 2.24. The van der Waals surface area contributed by atoms with Gasteiger partial charge in [0.2, 0.25) is 5.88 Å². The second-order valence-electron chi connectivity index (χ2n) is 2.97. The van der Waals surface area contributed by atoms with Crippen molar-refractivity contribution in [3.8, 4) is 17.1 Å². The molecule has 0 aliphatic rings. The minimum atomic E-state index is -1.15. The summed E-state index contributed by atoms with van der Waals surface area (Å²) in [5, 5.41) is 18.2. The van der Waals surface area contributed by atoms with Gasteiger partial charge in [-0.1, -0.05) is 0 Å². The molecule has 0 radical (unpaired) electrons. The van der Waals surface area contributed by atoms with Crippen molar-refractivity contribution in [2.45, 2.75) is 0 Å². The van der Waals surface area contributed by atoms with E-state index in [0.29, 0.717) is 11.3 Å². The van der Waals surface area contributed by atoms with Crippen LogP contribution in [0.15, 0.2) is 30.7 Å². The van der Waals surface area contributed by atoms with E-state index < -0.39 is 5.97 Å². The van der Waals surface area contributed by atoms with Gasteiger partial charge >= 0.3 is 5.97 Å². The van der Waals surface area contributed by atoms with Gasteiger partial charge in [0.15, 0.2) is 5.69 Å². The first-order valence-electron chi connectivity index (χ1n) is 4.38. The van der Waals surface area contributed by atoms with Gasteiger partial charge < -0.3 is 10.2 Å². The fourth-order valence-electron chi connectivity index (χ4n) is 1.22. The topological polar surface area (TPSA) is 96.2 Å². The van der Waals surface area contributed by atoms with Crippen molar-refractivity contribution >= 4 is 5.97 Å². The van der Waals surface area contributed by atoms with Crippen LogP contribution in [0.3, 0.4) is 0 Å². The van der Waals surface area contributed by atoms with E-state index in [0.717, 1.165) is 6.33 Å². The quantitative estimate of drug-likeness (QED) is 0.777. The van der Waals surface area contributed by atoms with Gasteiger partial charge in [0.1, 0.15) is 6.33 Å². The highest BCUT2D eigenvalue weighted by atomic mass is 16.4. The Labute approximate surface area is 90.3 Å². The van der Waals surface area contributed by atoms with Crippen LogP contribution in [0.25, 0.3) is 11.3 Å². The standard InChI is InChI=1S/C10H7N3O3/c14-9-6(2-1-3-11-9)7-4-8(10(15)16)13-5-12-7/h1-5H,(H,11,14)(H,15,16). The Bertz CT molecular complexity index is 542. The van der Waals surface area contributed by atoms with Gasteiger partial charge in [-0.3, -0.25) is 0 Å². The Kier molecular flexibility index (Phi) is 2.47. The number of nitrogens with zero attached hydrogens (tertiary/aromatic N) is 3. The van der Waals surface area contributed by atoms with Crippen LogP contribution in [0, 0.1) is 0 Å². The molecule has 2 aromatic heterocycles. The lowest BCUT2D eigenvalue weighted by Gasteiger charge is -2.02. The summed E-state index contributed by atoms with van der Waals surface area (Å²) >= 11 is 0. The van der Waals surface area contributed by atoms with Gasteiger partial charge in [-0.05, 0) is 18.2 Å². The van der Waals surface area contributed by atoms with E-state index in [1.807, 2.05) is 0 Å². The zero-order valence-electron chi connectivity index (χ0n) is 8.03. The van der Waals surface area contributed by atoms with Crippen molar-refractivity contribution in [2.24, 2.45) is 0 Å². The molecule has 0 amide bonds. The molecule has 6 heteroatoms. The third-order valence-corrected chi connectivity index (χ3v) is 1.95. The minimum Gasteiger partial charge on any atom is -0.493 e. The molecule has 0 aliphatic carbocycles. The highest BCUT2D eigenvalue weighted by Gasteiger charge is 2.10. The van der Waals surface area contributed by atoms with Crippen LogP contribution < -0.4 is 0 Å². The highest BCUT2D eigenvalue weighted by molar-refractivity contribution is 5.86. The normalized spacial score (nSPS) is 10.0. The summed E-state index contributed by atoms with van der Waals surface area (Å²) in [6.45, 7) is 0. The zero-order valence-corrected chi connectivity index (χ0v) is 8.03. The number of hydrogen-bond acceptors (Lipinski definition) is 5. The number of rotatable bonds is 2. The van der Waals surface area contributed by atoms with Gasteiger partial charge in [-0.2, -0.15) is 0 Å². The molecule has 0 atom stereocenters. The number of pyridine rings is 1. The van der Waals surface area contributed by atoms with E-state index >= 15 is 0 Å². The Hall–Kier alpha value is -2.50. The molecular weight excluding hydrogens is 210 g/mol. The van der Waals surface area contributed by atoms with E-state index in [1.54, 1.807) is 12.1 Å². The molecule has 0 spiro atoms. The number of carboxylic acid groups (broad SMARTS) is 1. The van der Waals surface area contributed by atoms with Crippen molar-refractivity contribution < 1.29 is 15.0 Å². The summed E-state index contributed by atoms with van der Waals surface area (Å²) in [6.07, 6.45) is 2.56. The molecule has 2 heterocycles. The van der Waals surface area contributed by atoms with Crippen molar-refractivity contribution in [1.29, 1.82) is 0 Å². The minimum absolute atomic E-state index is 0.131. The van der Waals surface area contributed by atoms with Gasteiger partial charge in [-0.25, -0.2) is 19.7 Å². The maximum Gasteiger partial charge on any atom is 0.354 e. The first kappa shape index (κ1) is 10.0. The van der Waals surface area contributed by atoms with Crippen LogP contribution >= 0.6 is 0 Å². The second kappa shape index (κ2) is 3.93. The van der Waals surface area contributed by atoms with Crippen molar-refractivity contribution in [1.82, 2.24) is 15.0 Å². The van der Waals surface area contributed by atoms with E-state index in [9.17, 15) is 9.90 Å². The van der Waals surface area contributed by atoms with E-state index in [4.69, 9.17) is 5.11 Å². The number of carboxylic acids is 1. The van der Waals surface area contributed by atoms with Crippen LogP contribution in [0.2, 0.25) is 0 Å². The number of aromatic nitrogens is 3. The van der Waals surface area contributed by atoms with Crippen LogP contribution in [-0.2, 0) is 0 Å². The molecule has 0 saturated carbocycles. The van der Waals surface area contributed by atoms with Gasteiger partial charge in [0, 0.05) is 6.20 Å². The van der Waals surface area contributed by atoms with Crippen LogP contribution in [-0.4, -0.2) is 31.1 Å². The molecule has 0 aliphatic heterocycles. The first-order chi connectivity index (χ1) is 7.68. The van der Waals surface area contributed by atoms with E-state index in [-0.39, 0.29) is 11.6 Å². The summed E-state index contributed by atoms with van der Waals surface area (Å²) in [5.41, 5.74) is 0.554. The van der Waals surface area contributed by atoms with Crippen molar-refractivity contribution in [3.63, 3.8) is 0 Å². The van der Waals surface area contributed by atoms with E-state index in [1.165, 1.54) is 12.3 Å². The SMILES string of the molecule is O=C(O)c1cc(-c2cccnc2O)ncn1. The second-order valence-corrected chi connectivity index (χ2v) is 2.97. The molecule has 0 aromatic carbocycles. The lowest BCUT2D eigenvalue weighted by molar-refractivity contribution is 0.0690. The molecule has 2 N–H and O–H groups in total. The maximum atomic E-state index is 10.7. The summed E-state index contributed by atoms with van der Waals surface area (Å²) < 4.78 is 0. The maximum absolute atomic E-state index is 10.7. The first-order valence-corrected chi connectivity index (χ1v) is 4.38. The molecule has 2 aromatic rings. The summed E-state index contributed by atoms with van der Waals surface area (Å²) in [6, 6.07) is 4.49. The van der Waals surface area contributed by atoms with Gasteiger partial charge in [0.25, 0.3) is 0 Å². The van der Waals surface area contributed by atoms with E-state index in [2.05, 4.69) is 15.0 Å². The number of carbonyl (C=O) groups is 1. The average molecular weight is 217 g/mol. The summed E-state index contributed by atoms with van der Waals surface area (Å²) in [5.74, 6) is -1.34. The zero-order chi connectivity index (χ0) is 11.5. The molecule has 0 bridgehead atoms. The Morgan fingerprint density at radius 2 is 2.06 bits per heavy atom. The van der Waals surface area contributed by atoms with Gasteiger partial charge in [0.05, 0.1) is 11.3 Å². The predicted molar refractivity (Wildman–Crippen MR) is 53.9 cm³/mol. The molecular formula is C10H7N3O3. The molecule has 6 nitrogen and oxygen atoms in total. The number of aromatic hydroxyl groups is 1. The molecule has 16 heavy (non-hydrogen) atoms. The van der Waals surface area contributed by atoms with Crippen molar-refractivity contribution in [3.05, 3.63) is 36.4 Å². The molecule has 80 valence electrons. The monoisotopic (exact) mass is 217 g/mol. The third-order valence-electron chi connectivity index (χ3n) is 1.95. The lowest BCUT2D eigenvalue weighted by atomic mass is 10.2. The largest absolute Gasteiger partial charge is 0.493 e. The molecule has 0 saturated heterocycles. The lowest BCUT2D eigenvalue weighted by Crippen LogP contribution is -2.01. The fraction of sp³-hybridized carbons (Fsp3) is 0. The van der Waals surface area contributed by atoms with Crippen LogP contribution in [0.5, 0.6) is 5.88 Å². The van der Waals surface area contributed by atoms with Crippen LogP contribution in [0.1, 0.15) is 10.5 Å². The summed E-state index contributed by atoms with van der Waals surface area (Å²) in [4.78, 5) is 21.8. The number of aromatic carboxylic acids is 1. The van der Waals surface area contributed by atoms with Gasteiger partial charge in [-0.15, -0.1) is 0 Å². The molecule has 0 unspecified atom stereocenters. The summed E-state index contributed by atoms with van der Waals surface area (Å²) in [7, 11) is 0. The smallest absolute Gasteiger partial charge is 0.354 e. The predicted octanol–water partition coefficient (Wildman–Crippen LogP) is 0.942. The Morgan fingerprint density at radius 1 is 1.25 bits per heavy atom. The Morgan fingerprint density at radius 3 is 2.75 bits per heavy atom.